The van der Waals surface area contributed by atoms with Crippen molar-refractivity contribution in [3.8, 4) is 0 Å². The normalized spacial score (nSPS) is 28.3. The van der Waals surface area contributed by atoms with E-state index < -0.39 is 0 Å². The molecule has 2 heterocycles. The molecule has 0 aromatic heterocycles. The molecule has 2 aliphatic heterocycles. The fourth-order valence-corrected chi connectivity index (χ4v) is 6.51. The van der Waals surface area contributed by atoms with Gasteiger partial charge in [0, 0.05) is 36.2 Å². The second-order valence-corrected chi connectivity index (χ2v) is 9.48. The average molecular weight is 443 g/mol. The van der Waals surface area contributed by atoms with Gasteiger partial charge >= 0.3 is 5.97 Å². The van der Waals surface area contributed by atoms with Crippen LogP contribution in [0.5, 0.6) is 0 Å². The summed E-state index contributed by atoms with van der Waals surface area (Å²) in [7, 11) is 0. The highest BCUT2D eigenvalue weighted by atomic mass is 16.6. The molecule has 4 aliphatic rings. The van der Waals surface area contributed by atoms with Crippen LogP contribution in [0, 0.1) is 22.0 Å². The van der Waals surface area contributed by atoms with Gasteiger partial charge < -0.3 is 9.64 Å². The van der Waals surface area contributed by atoms with Crippen LogP contribution in [0.3, 0.4) is 0 Å². The quantitative estimate of drug-likeness (QED) is 0.264. The third kappa shape index (κ3) is 3.04. The number of ether oxygens (including phenoxy) is 1. The molecule has 2 aromatic carbocycles. The van der Waals surface area contributed by atoms with E-state index in [-0.39, 0.29) is 40.4 Å². The van der Waals surface area contributed by atoms with Gasteiger partial charge in [0.1, 0.15) is 0 Å². The summed E-state index contributed by atoms with van der Waals surface area (Å²) in [5.41, 5.74) is 5.35. The Morgan fingerprint density at radius 1 is 1.12 bits per heavy atom. The number of hydrogen-bond acceptors (Lipinski definition) is 5. The third-order valence-corrected chi connectivity index (χ3v) is 7.78. The highest BCUT2D eigenvalue weighted by molar-refractivity contribution is 5.92. The van der Waals surface area contributed by atoms with Crippen molar-refractivity contribution in [2.75, 3.05) is 18.1 Å². The van der Waals surface area contributed by atoms with Crippen LogP contribution in [0.1, 0.15) is 64.7 Å². The molecule has 2 aliphatic carbocycles. The van der Waals surface area contributed by atoms with Crippen LogP contribution in [0.4, 0.5) is 11.4 Å². The zero-order valence-corrected chi connectivity index (χ0v) is 18.5. The van der Waals surface area contributed by atoms with Gasteiger partial charge in [0.05, 0.1) is 23.1 Å². The zero-order chi connectivity index (χ0) is 22.7. The lowest BCUT2D eigenvalue weighted by Crippen LogP contribution is -2.46. The number of nitro groups is 1. The molecule has 0 spiro atoms. The van der Waals surface area contributed by atoms with E-state index in [1.807, 2.05) is 25.1 Å². The van der Waals surface area contributed by atoms with E-state index in [2.05, 4.69) is 29.2 Å². The van der Waals surface area contributed by atoms with Crippen molar-refractivity contribution in [1.82, 2.24) is 0 Å². The molecular formula is C27H26N2O4. The van der Waals surface area contributed by atoms with E-state index in [0.717, 1.165) is 24.9 Å². The van der Waals surface area contributed by atoms with Crippen LogP contribution in [0.15, 0.2) is 60.7 Å². The summed E-state index contributed by atoms with van der Waals surface area (Å²) in [5, 5.41) is 11.5. The van der Waals surface area contributed by atoms with Gasteiger partial charge in [-0.2, -0.15) is 0 Å². The Kier molecular flexibility index (Phi) is 4.64. The molecule has 6 nitrogen and oxygen atoms in total. The van der Waals surface area contributed by atoms with E-state index in [9.17, 15) is 14.9 Å². The highest BCUT2D eigenvalue weighted by Gasteiger charge is 2.48. The van der Waals surface area contributed by atoms with Gasteiger partial charge in [-0.05, 0) is 60.4 Å². The Bertz CT molecular complexity index is 1200. The standard InChI is InChI=1S/C27H26N2O4/c1-2-33-27(30)18-13-23-20-9-4-7-17(20)15-28-25(16-6-3-8-19(12-16)29(31)32)22-11-5-10-21(22)24(14-18)26(23)28/h3-6,8-10,12-14,17,20-22,25H,2,7,11,15H2,1H3/t17-,20+,21-,22+,25+/m1/s1. The summed E-state index contributed by atoms with van der Waals surface area (Å²) >= 11 is 0. The van der Waals surface area contributed by atoms with E-state index in [0.29, 0.717) is 18.1 Å². The van der Waals surface area contributed by atoms with E-state index >= 15 is 0 Å². The largest absolute Gasteiger partial charge is 0.462 e. The van der Waals surface area contributed by atoms with Crippen molar-refractivity contribution in [3.63, 3.8) is 0 Å². The first-order valence-corrected chi connectivity index (χ1v) is 11.8. The average Bonchev–Trinajstić information content (AvgIpc) is 3.49. The monoisotopic (exact) mass is 442 g/mol. The lowest BCUT2D eigenvalue weighted by molar-refractivity contribution is -0.384. The van der Waals surface area contributed by atoms with E-state index in [1.165, 1.54) is 16.8 Å². The van der Waals surface area contributed by atoms with Gasteiger partial charge in [0.2, 0.25) is 0 Å². The maximum absolute atomic E-state index is 12.7. The fraction of sp³-hybridized carbons (Fsp3) is 0.370. The van der Waals surface area contributed by atoms with Gasteiger partial charge in [-0.3, -0.25) is 10.1 Å². The second-order valence-electron chi connectivity index (χ2n) is 9.48. The number of hydrogen-bond donors (Lipinski definition) is 0. The number of nitrogens with zero attached hydrogens (tertiary/aromatic N) is 2. The van der Waals surface area contributed by atoms with Crippen molar-refractivity contribution in [1.29, 1.82) is 0 Å². The number of rotatable bonds is 4. The van der Waals surface area contributed by atoms with Crippen molar-refractivity contribution in [3.05, 3.63) is 93.1 Å². The molecule has 6 rings (SSSR count). The topological polar surface area (TPSA) is 72.7 Å². The molecule has 5 atom stereocenters. The fourth-order valence-electron chi connectivity index (χ4n) is 6.51. The molecule has 168 valence electrons. The molecule has 0 N–H and O–H groups in total. The zero-order valence-electron chi connectivity index (χ0n) is 18.5. The van der Waals surface area contributed by atoms with Gasteiger partial charge in [0.25, 0.3) is 5.69 Å². The summed E-state index contributed by atoms with van der Waals surface area (Å²) in [4.78, 5) is 26.4. The molecule has 0 unspecified atom stereocenters. The Morgan fingerprint density at radius 3 is 2.67 bits per heavy atom. The van der Waals surface area contributed by atoms with Gasteiger partial charge in [-0.1, -0.05) is 36.4 Å². The first-order valence-electron chi connectivity index (χ1n) is 11.8. The Morgan fingerprint density at radius 2 is 1.88 bits per heavy atom. The molecule has 0 fully saturated rings. The maximum Gasteiger partial charge on any atom is 0.338 e. The van der Waals surface area contributed by atoms with Crippen molar-refractivity contribution in [2.45, 2.75) is 37.6 Å². The van der Waals surface area contributed by atoms with E-state index in [4.69, 9.17) is 4.74 Å². The number of carbonyl (C=O) groups is 1. The Balaban J connectivity index is 1.55. The molecule has 0 amide bonds. The van der Waals surface area contributed by atoms with Crippen LogP contribution in [-0.2, 0) is 4.74 Å². The summed E-state index contributed by atoms with van der Waals surface area (Å²) < 4.78 is 5.36. The number of non-ortho nitro benzene ring substituents is 1. The minimum absolute atomic E-state index is 0.0612. The SMILES string of the molecule is CCOC(=O)c1cc2c3c(c1)[C@@H]1C=CC[C@@H]1[C@H](c1cccc([N+](=O)[O-])c1)N3C[C@H]1CC=C[C@H]21. The summed E-state index contributed by atoms with van der Waals surface area (Å²) in [6, 6.07) is 11.3. The first-order chi connectivity index (χ1) is 16.1. The number of allylic oxidation sites excluding steroid dienone is 4. The number of carbonyl (C=O) groups excluding carboxylic acids is 1. The van der Waals surface area contributed by atoms with Crippen LogP contribution in [0.25, 0.3) is 0 Å². The minimum atomic E-state index is -0.311. The lowest BCUT2D eigenvalue weighted by atomic mass is 9.70. The van der Waals surface area contributed by atoms with Crippen molar-refractivity contribution >= 4 is 17.3 Å². The molecular weight excluding hydrogens is 416 g/mol. The molecule has 0 bridgehead atoms. The predicted molar refractivity (Wildman–Crippen MR) is 126 cm³/mol. The smallest absolute Gasteiger partial charge is 0.338 e. The number of esters is 1. The van der Waals surface area contributed by atoms with Gasteiger partial charge in [-0.15, -0.1) is 0 Å². The molecule has 6 heteroatoms. The summed E-state index contributed by atoms with van der Waals surface area (Å²) in [6.07, 6.45) is 10.9. The first kappa shape index (κ1) is 20.2. The van der Waals surface area contributed by atoms with Crippen LogP contribution in [0.2, 0.25) is 0 Å². The maximum atomic E-state index is 12.7. The summed E-state index contributed by atoms with van der Waals surface area (Å²) in [5.74, 6) is 0.907. The third-order valence-electron chi connectivity index (χ3n) is 7.78. The molecule has 0 saturated carbocycles. The van der Waals surface area contributed by atoms with Gasteiger partial charge in [0.15, 0.2) is 0 Å². The number of nitro benzene ring substituents is 1. The van der Waals surface area contributed by atoms with Crippen LogP contribution >= 0.6 is 0 Å². The van der Waals surface area contributed by atoms with Crippen molar-refractivity contribution < 1.29 is 14.5 Å². The number of anilines is 1. The number of fused-ring (bicyclic) bond motifs is 4. The molecule has 0 radical (unpaired) electrons. The minimum Gasteiger partial charge on any atom is -0.462 e. The molecule has 2 aromatic rings. The molecule has 0 saturated heterocycles. The van der Waals surface area contributed by atoms with Crippen molar-refractivity contribution in [2.24, 2.45) is 11.8 Å². The Hall–Kier alpha value is -3.41. The van der Waals surface area contributed by atoms with E-state index in [1.54, 1.807) is 18.2 Å². The van der Waals surface area contributed by atoms with Crippen LogP contribution in [-0.4, -0.2) is 24.0 Å². The van der Waals surface area contributed by atoms with Gasteiger partial charge in [-0.25, -0.2) is 4.79 Å². The lowest BCUT2D eigenvalue weighted by Gasteiger charge is -2.51. The molecule has 33 heavy (non-hydrogen) atoms. The summed E-state index contributed by atoms with van der Waals surface area (Å²) in [6.45, 7) is 3.09. The van der Waals surface area contributed by atoms with Crippen LogP contribution < -0.4 is 4.90 Å². The number of benzene rings is 2. The Labute approximate surface area is 192 Å². The second kappa shape index (κ2) is 7.58. The predicted octanol–water partition coefficient (Wildman–Crippen LogP) is 5.67. The highest BCUT2D eigenvalue weighted by Crippen LogP contribution is 2.59.